The van der Waals surface area contributed by atoms with Crippen LogP contribution in [0.4, 0.5) is 18.3 Å². The molecular formula is C18H17Cl2F3N2O3S. The molecule has 11 heteroatoms. The highest BCUT2D eigenvalue weighted by Gasteiger charge is 2.30. The summed E-state index contributed by atoms with van der Waals surface area (Å²) in [7, 11) is 0. The average Bonchev–Trinajstić information content (AvgIpc) is 3.30. The first kappa shape index (κ1) is 22.3. The lowest BCUT2D eigenvalue weighted by Gasteiger charge is -2.23. The second-order valence-electron chi connectivity index (χ2n) is 6.39. The van der Waals surface area contributed by atoms with E-state index >= 15 is 0 Å². The standard InChI is InChI=1S/C18H17Cl2F3N2O3S/c19-11-3-4-13(14(20)6-11)15-9-29-17(24-15)25(7-12-2-1-5-28-12)16(26)8-27-10-18(21,22)23/h3-4,6,9,12H,1-2,5,7-8,10H2. The van der Waals surface area contributed by atoms with Gasteiger partial charge in [0.05, 0.1) is 23.4 Å². The number of anilines is 1. The van der Waals surface area contributed by atoms with Gasteiger partial charge in [-0.1, -0.05) is 23.2 Å². The number of benzene rings is 1. The van der Waals surface area contributed by atoms with E-state index in [0.29, 0.717) is 33.0 Å². The van der Waals surface area contributed by atoms with Gasteiger partial charge in [-0.2, -0.15) is 13.2 Å². The van der Waals surface area contributed by atoms with Gasteiger partial charge >= 0.3 is 6.18 Å². The third-order valence-electron chi connectivity index (χ3n) is 4.13. The molecule has 1 aliphatic rings. The largest absolute Gasteiger partial charge is 0.411 e. The van der Waals surface area contributed by atoms with Gasteiger partial charge in [0, 0.05) is 22.6 Å². The van der Waals surface area contributed by atoms with E-state index in [1.165, 1.54) is 16.2 Å². The molecule has 0 N–H and O–H groups in total. The third-order valence-corrected chi connectivity index (χ3v) is 5.54. The van der Waals surface area contributed by atoms with Crippen molar-refractivity contribution in [3.8, 4) is 11.3 Å². The van der Waals surface area contributed by atoms with Gasteiger partial charge in [0.25, 0.3) is 5.91 Å². The summed E-state index contributed by atoms with van der Waals surface area (Å²) in [6, 6.07) is 4.96. The second-order valence-corrected chi connectivity index (χ2v) is 8.07. The number of carbonyl (C=O) groups excluding carboxylic acids is 1. The molecule has 1 amide bonds. The van der Waals surface area contributed by atoms with Gasteiger partial charge in [-0.05, 0) is 31.0 Å². The fourth-order valence-corrected chi connectivity index (χ4v) is 4.18. The van der Waals surface area contributed by atoms with E-state index in [2.05, 4.69) is 9.72 Å². The number of amides is 1. The second kappa shape index (κ2) is 9.61. The molecule has 1 aliphatic heterocycles. The Morgan fingerprint density at radius 1 is 1.38 bits per heavy atom. The average molecular weight is 469 g/mol. The molecule has 2 heterocycles. The van der Waals surface area contributed by atoms with Crippen LogP contribution >= 0.6 is 34.5 Å². The highest BCUT2D eigenvalue weighted by Crippen LogP contribution is 2.34. The summed E-state index contributed by atoms with van der Waals surface area (Å²) >= 11 is 13.3. The Balaban J connectivity index is 1.78. The van der Waals surface area contributed by atoms with Crippen molar-refractivity contribution in [3.05, 3.63) is 33.6 Å². The number of carbonyl (C=O) groups is 1. The van der Waals surface area contributed by atoms with E-state index in [0.717, 1.165) is 12.8 Å². The van der Waals surface area contributed by atoms with Crippen molar-refractivity contribution < 1.29 is 27.4 Å². The highest BCUT2D eigenvalue weighted by atomic mass is 35.5. The highest BCUT2D eigenvalue weighted by molar-refractivity contribution is 7.14. The number of halogens is 5. The monoisotopic (exact) mass is 468 g/mol. The molecule has 29 heavy (non-hydrogen) atoms. The van der Waals surface area contributed by atoms with Crippen molar-refractivity contribution in [2.24, 2.45) is 0 Å². The molecule has 1 aromatic carbocycles. The van der Waals surface area contributed by atoms with Crippen LogP contribution in [0.25, 0.3) is 11.3 Å². The lowest BCUT2D eigenvalue weighted by Crippen LogP contribution is -2.40. The van der Waals surface area contributed by atoms with E-state index in [4.69, 9.17) is 27.9 Å². The number of thiazole rings is 1. The quantitative estimate of drug-likeness (QED) is 0.559. The van der Waals surface area contributed by atoms with Crippen LogP contribution in [0, 0.1) is 0 Å². The summed E-state index contributed by atoms with van der Waals surface area (Å²) in [6.45, 7) is -1.42. The van der Waals surface area contributed by atoms with Crippen molar-refractivity contribution in [3.63, 3.8) is 0 Å². The Hall–Kier alpha value is -1.39. The lowest BCUT2D eigenvalue weighted by molar-refractivity contribution is -0.175. The number of nitrogens with zero attached hydrogens (tertiary/aromatic N) is 2. The molecule has 1 atom stereocenters. The van der Waals surface area contributed by atoms with Crippen molar-refractivity contribution >= 4 is 45.6 Å². The van der Waals surface area contributed by atoms with Gasteiger partial charge in [-0.25, -0.2) is 4.98 Å². The first-order valence-electron chi connectivity index (χ1n) is 8.70. The van der Waals surface area contributed by atoms with Crippen LogP contribution < -0.4 is 4.90 Å². The fourth-order valence-electron chi connectivity index (χ4n) is 2.82. The van der Waals surface area contributed by atoms with Crippen LogP contribution in [0.2, 0.25) is 10.0 Å². The fraction of sp³-hybridized carbons (Fsp3) is 0.444. The molecule has 0 bridgehead atoms. The third kappa shape index (κ3) is 6.29. The zero-order valence-corrected chi connectivity index (χ0v) is 17.4. The van der Waals surface area contributed by atoms with Crippen LogP contribution in [-0.2, 0) is 14.3 Å². The van der Waals surface area contributed by atoms with Crippen molar-refractivity contribution in [1.82, 2.24) is 4.98 Å². The minimum Gasteiger partial charge on any atom is -0.376 e. The Morgan fingerprint density at radius 2 is 2.17 bits per heavy atom. The van der Waals surface area contributed by atoms with Crippen LogP contribution in [0.15, 0.2) is 23.6 Å². The van der Waals surface area contributed by atoms with Crippen LogP contribution in [0.5, 0.6) is 0 Å². The van der Waals surface area contributed by atoms with Gasteiger partial charge in [0.2, 0.25) is 0 Å². The predicted octanol–water partition coefficient (Wildman–Crippen LogP) is 5.21. The van der Waals surface area contributed by atoms with Gasteiger partial charge < -0.3 is 9.47 Å². The summed E-state index contributed by atoms with van der Waals surface area (Å²) in [5, 5.41) is 2.93. The maximum absolute atomic E-state index is 12.6. The smallest absolute Gasteiger partial charge is 0.376 e. The summed E-state index contributed by atoms with van der Waals surface area (Å²) < 4.78 is 47.0. The van der Waals surface area contributed by atoms with E-state index in [1.54, 1.807) is 23.6 Å². The first-order valence-corrected chi connectivity index (χ1v) is 10.3. The van der Waals surface area contributed by atoms with Gasteiger partial charge in [-0.15, -0.1) is 11.3 Å². The Morgan fingerprint density at radius 3 is 2.83 bits per heavy atom. The molecule has 0 aliphatic carbocycles. The Kier molecular flexibility index (Phi) is 7.39. The number of aromatic nitrogens is 1. The van der Waals surface area contributed by atoms with Crippen LogP contribution in [0.3, 0.4) is 0 Å². The maximum Gasteiger partial charge on any atom is 0.411 e. The minimum absolute atomic E-state index is 0.190. The molecule has 3 rings (SSSR count). The molecule has 158 valence electrons. The molecule has 0 radical (unpaired) electrons. The summed E-state index contributed by atoms with van der Waals surface area (Å²) in [5.41, 5.74) is 1.17. The number of rotatable bonds is 7. The zero-order valence-electron chi connectivity index (χ0n) is 15.0. The van der Waals surface area contributed by atoms with Gasteiger partial charge in [-0.3, -0.25) is 9.69 Å². The summed E-state index contributed by atoms with van der Waals surface area (Å²) in [4.78, 5) is 18.3. The normalized spacial score (nSPS) is 16.9. The maximum atomic E-state index is 12.6. The molecule has 1 fully saturated rings. The van der Waals surface area contributed by atoms with Crippen molar-refractivity contribution in [2.45, 2.75) is 25.1 Å². The summed E-state index contributed by atoms with van der Waals surface area (Å²) in [5.74, 6) is -0.618. The Labute approximate surface area is 179 Å². The van der Waals surface area contributed by atoms with E-state index in [1.807, 2.05) is 0 Å². The number of alkyl halides is 3. The molecule has 1 saturated heterocycles. The molecule has 1 unspecified atom stereocenters. The molecule has 2 aromatic rings. The van der Waals surface area contributed by atoms with Crippen molar-refractivity contribution in [2.75, 3.05) is 31.3 Å². The molecule has 0 spiro atoms. The van der Waals surface area contributed by atoms with Gasteiger partial charge in [0.1, 0.15) is 13.2 Å². The van der Waals surface area contributed by atoms with E-state index in [9.17, 15) is 18.0 Å². The number of hydrogen-bond acceptors (Lipinski definition) is 5. The Bertz CT molecular complexity index is 857. The lowest BCUT2D eigenvalue weighted by atomic mass is 10.2. The van der Waals surface area contributed by atoms with Gasteiger partial charge in [0.15, 0.2) is 5.13 Å². The van der Waals surface area contributed by atoms with E-state index < -0.39 is 25.3 Å². The topological polar surface area (TPSA) is 51.7 Å². The van der Waals surface area contributed by atoms with Crippen molar-refractivity contribution in [1.29, 1.82) is 0 Å². The zero-order chi connectivity index (χ0) is 21.0. The molecule has 5 nitrogen and oxygen atoms in total. The summed E-state index contributed by atoms with van der Waals surface area (Å²) in [6.07, 6.45) is -3.08. The number of ether oxygens (including phenoxy) is 2. The SMILES string of the molecule is O=C(COCC(F)(F)F)N(CC1CCCO1)c1nc(-c2ccc(Cl)cc2Cl)cs1. The molecule has 1 aromatic heterocycles. The van der Waals surface area contributed by atoms with Crippen LogP contribution in [-0.4, -0.2) is 49.5 Å². The molecular weight excluding hydrogens is 452 g/mol. The van der Waals surface area contributed by atoms with Crippen LogP contribution in [0.1, 0.15) is 12.8 Å². The minimum atomic E-state index is -4.50. The van der Waals surface area contributed by atoms with E-state index in [-0.39, 0.29) is 12.6 Å². The predicted molar refractivity (Wildman–Crippen MR) is 106 cm³/mol. The number of hydrogen-bond donors (Lipinski definition) is 0. The first-order chi connectivity index (χ1) is 13.7. The molecule has 0 saturated carbocycles.